The van der Waals surface area contributed by atoms with Crippen LogP contribution >= 0.6 is 0 Å². The lowest BCUT2D eigenvalue weighted by atomic mass is 10.1. The molecule has 1 fully saturated rings. The largest absolute Gasteiger partial charge is 0.493 e. The standard InChI is InChI=1S/C20H22N4O4/c1-26-16-10-15(11-17(27-2)19(16)28-3)20(25)24-8-6-23(7-9-24)18-5-4-14(12-21)13-22-18/h4-5,10-11,13H,6-9H2,1-3H3. The summed E-state index contributed by atoms with van der Waals surface area (Å²) in [5.74, 6) is 2.07. The maximum absolute atomic E-state index is 13.0. The zero-order valence-corrected chi connectivity index (χ0v) is 16.1. The number of piperazine rings is 1. The van der Waals surface area contributed by atoms with Crippen molar-refractivity contribution < 1.29 is 19.0 Å². The Morgan fingerprint density at radius 2 is 1.68 bits per heavy atom. The van der Waals surface area contributed by atoms with E-state index in [9.17, 15) is 4.79 Å². The molecule has 8 nitrogen and oxygen atoms in total. The molecule has 0 aliphatic carbocycles. The molecule has 2 heterocycles. The molecule has 1 aromatic heterocycles. The number of nitriles is 1. The predicted molar refractivity (Wildman–Crippen MR) is 103 cm³/mol. The number of anilines is 1. The zero-order valence-electron chi connectivity index (χ0n) is 16.1. The van der Waals surface area contributed by atoms with Gasteiger partial charge in [-0.3, -0.25) is 4.79 Å². The van der Waals surface area contributed by atoms with Gasteiger partial charge in [-0.05, 0) is 24.3 Å². The average Bonchev–Trinajstić information content (AvgIpc) is 2.77. The monoisotopic (exact) mass is 382 g/mol. The molecule has 8 heteroatoms. The van der Waals surface area contributed by atoms with Gasteiger partial charge in [-0.25, -0.2) is 4.98 Å². The summed E-state index contributed by atoms with van der Waals surface area (Å²) >= 11 is 0. The molecule has 28 heavy (non-hydrogen) atoms. The number of rotatable bonds is 5. The fourth-order valence-corrected chi connectivity index (χ4v) is 3.17. The van der Waals surface area contributed by atoms with Gasteiger partial charge in [0, 0.05) is 37.9 Å². The fraction of sp³-hybridized carbons (Fsp3) is 0.350. The minimum Gasteiger partial charge on any atom is -0.493 e. The van der Waals surface area contributed by atoms with Crippen LogP contribution in [0.15, 0.2) is 30.5 Å². The van der Waals surface area contributed by atoms with Crippen LogP contribution in [-0.2, 0) is 0 Å². The van der Waals surface area contributed by atoms with Gasteiger partial charge in [0.15, 0.2) is 11.5 Å². The summed E-state index contributed by atoms with van der Waals surface area (Å²) < 4.78 is 16.0. The lowest BCUT2D eigenvalue weighted by Gasteiger charge is -2.35. The summed E-state index contributed by atoms with van der Waals surface area (Å²) in [6, 6.07) is 8.96. The Kier molecular flexibility index (Phi) is 5.84. The van der Waals surface area contributed by atoms with Crippen LogP contribution in [0, 0.1) is 11.3 Å². The first kappa shape index (κ1) is 19.3. The van der Waals surface area contributed by atoms with E-state index in [1.807, 2.05) is 6.07 Å². The van der Waals surface area contributed by atoms with E-state index in [1.165, 1.54) is 21.3 Å². The number of ether oxygens (including phenoxy) is 3. The van der Waals surface area contributed by atoms with Gasteiger partial charge in [0.2, 0.25) is 5.75 Å². The van der Waals surface area contributed by atoms with Crippen molar-refractivity contribution in [2.75, 3.05) is 52.4 Å². The highest BCUT2D eigenvalue weighted by Crippen LogP contribution is 2.38. The van der Waals surface area contributed by atoms with Crippen molar-refractivity contribution in [3.63, 3.8) is 0 Å². The van der Waals surface area contributed by atoms with E-state index < -0.39 is 0 Å². The first-order valence-corrected chi connectivity index (χ1v) is 8.81. The molecule has 3 rings (SSSR count). The van der Waals surface area contributed by atoms with E-state index in [-0.39, 0.29) is 5.91 Å². The Bertz CT molecular complexity index is 859. The van der Waals surface area contributed by atoms with Crippen LogP contribution in [0.3, 0.4) is 0 Å². The Morgan fingerprint density at radius 3 is 2.14 bits per heavy atom. The Hall–Kier alpha value is -3.47. The van der Waals surface area contributed by atoms with Crippen molar-refractivity contribution >= 4 is 11.7 Å². The molecular weight excluding hydrogens is 360 g/mol. The van der Waals surface area contributed by atoms with E-state index in [0.29, 0.717) is 54.6 Å². The lowest BCUT2D eigenvalue weighted by Crippen LogP contribution is -2.49. The highest BCUT2D eigenvalue weighted by molar-refractivity contribution is 5.95. The second-order valence-electron chi connectivity index (χ2n) is 6.21. The second-order valence-corrected chi connectivity index (χ2v) is 6.21. The molecule has 0 saturated carbocycles. The summed E-state index contributed by atoms with van der Waals surface area (Å²) in [4.78, 5) is 21.2. The molecule has 0 N–H and O–H groups in total. The van der Waals surface area contributed by atoms with Crippen LogP contribution in [0.2, 0.25) is 0 Å². The van der Waals surface area contributed by atoms with E-state index >= 15 is 0 Å². The summed E-state index contributed by atoms with van der Waals surface area (Å²) in [5, 5.41) is 8.88. The van der Waals surface area contributed by atoms with E-state index in [0.717, 1.165) is 5.82 Å². The van der Waals surface area contributed by atoms with Crippen LogP contribution in [0.5, 0.6) is 17.2 Å². The number of hydrogen-bond donors (Lipinski definition) is 0. The Morgan fingerprint density at radius 1 is 1.04 bits per heavy atom. The molecule has 0 atom stereocenters. The number of carbonyl (C=O) groups is 1. The minimum atomic E-state index is -0.0910. The number of benzene rings is 1. The third-order valence-corrected chi connectivity index (χ3v) is 4.68. The SMILES string of the molecule is COc1cc(C(=O)N2CCN(c3ccc(C#N)cn3)CC2)cc(OC)c1OC. The molecule has 1 amide bonds. The van der Waals surface area contributed by atoms with Crippen molar-refractivity contribution in [1.29, 1.82) is 5.26 Å². The molecular formula is C20H22N4O4. The topological polar surface area (TPSA) is 87.9 Å². The van der Waals surface area contributed by atoms with E-state index in [1.54, 1.807) is 29.3 Å². The molecule has 0 unspecified atom stereocenters. The summed E-state index contributed by atoms with van der Waals surface area (Å²) in [6.45, 7) is 2.46. The Labute approximate surface area is 163 Å². The molecule has 1 aliphatic heterocycles. The van der Waals surface area contributed by atoms with E-state index in [2.05, 4.69) is 16.0 Å². The smallest absolute Gasteiger partial charge is 0.254 e. The molecule has 1 aliphatic rings. The number of nitrogens with zero attached hydrogens (tertiary/aromatic N) is 4. The van der Waals surface area contributed by atoms with Crippen LogP contribution in [0.4, 0.5) is 5.82 Å². The van der Waals surface area contributed by atoms with Crippen LogP contribution < -0.4 is 19.1 Å². The van der Waals surface area contributed by atoms with Crippen molar-refractivity contribution in [3.8, 4) is 23.3 Å². The first-order chi connectivity index (χ1) is 13.6. The zero-order chi connectivity index (χ0) is 20.1. The van der Waals surface area contributed by atoms with Gasteiger partial charge in [0.25, 0.3) is 5.91 Å². The van der Waals surface area contributed by atoms with Gasteiger partial charge >= 0.3 is 0 Å². The van der Waals surface area contributed by atoms with Gasteiger partial charge in [0.1, 0.15) is 11.9 Å². The van der Waals surface area contributed by atoms with Gasteiger partial charge in [0.05, 0.1) is 26.9 Å². The molecule has 2 aromatic rings. The van der Waals surface area contributed by atoms with Gasteiger partial charge < -0.3 is 24.0 Å². The highest BCUT2D eigenvalue weighted by Gasteiger charge is 2.25. The number of amides is 1. The highest BCUT2D eigenvalue weighted by atomic mass is 16.5. The van der Waals surface area contributed by atoms with Crippen molar-refractivity contribution in [2.45, 2.75) is 0 Å². The quantitative estimate of drug-likeness (QED) is 0.781. The summed E-state index contributed by atoms with van der Waals surface area (Å²) in [7, 11) is 4.57. The Balaban J connectivity index is 1.72. The second kappa shape index (κ2) is 8.48. The molecule has 1 saturated heterocycles. The molecule has 0 spiro atoms. The number of carbonyl (C=O) groups excluding carboxylic acids is 1. The maximum atomic E-state index is 13.0. The van der Waals surface area contributed by atoms with Crippen molar-refractivity contribution in [2.24, 2.45) is 0 Å². The van der Waals surface area contributed by atoms with Gasteiger partial charge in [-0.1, -0.05) is 0 Å². The van der Waals surface area contributed by atoms with Crippen LogP contribution in [0.25, 0.3) is 0 Å². The number of hydrogen-bond acceptors (Lipinski definition) is 7. The van der Waals surface area contributed by atoms with E-state index in [4.69, 9.17) is 19.5 Å². The normalized spacial score (nSPS) is 13.6. The predicted octanol–water partition coefficient (Wildman–Crippen LogP) is 1.94. The number of aromatic nitrogens is 1. The van der Waals surface area contributed by atoms with Crippen molar-refractivity contribution in [1.82, 2.24) is 9.88 Å². The van der Waals surface area contributed by atoms with Crippen LogP contribution in [-0.4, -0.2) is 63.3 Å². The van der Waals surface area contributed by atoms with Crippen molar-refractivity contribution in [3.05, 3.63) is 41.6 Å². The molecule has 1 aromatic carbocycles. The molecule has 0 radical (unpaired) electrons. The van der Waals surface area contributed by atoms with Gasteiger partial charge in [-0.2, -0.15) is 5.26 Å². The first-order valence-electron chi connectivity index (χ1n) is 8.81. The minimum absolute atomic E-state index is 0.0910. The average molecular weight is 382 g/mol. The van der Waals surface area contributed by atoms with Crippen LogP contribution in [0.1, 0.15) is 15.9 Å². The molecule has 146 valence electrons. The van der Waals surface area contributed by atoms with Gasteiger partial charge in [-0.15, -0.1) is 0 Å². The fourth-order valence-electron chi connectivity index (χ4n) is 3.17. The molecule has 0 bridgehead atoms. The third-order valence-electron chi connectivity index (χ3n) is 4.68. The third kappa shape index (κ3) is 3.78. The number of methoxy groups -OCH3 is 3. The summed E-state index contributed by atoms with van der Waals surface area (Å²) in [5.41, 5.74) is 1.01. The lowest BCUT2D eigenvalue weighted by molar-refractivity contribution is 0.0745. The summed E-state index contributed by atoms with van der Waals surface area (Å²) in [6.07, 6.45) is 1.56. The number of pyridine rings is 1. The maximum Gasteiger partial charge on any atom is 0.254 e.